The van der Waals surface area contributed by atoms with Gasteiger partial charge in [-0.3, -0.25) is 4.90 Å². The number of benzene rings is 3. The third-order valence-corrected chi connectivity index (χ3v) is 11.0. The molecule has 228 valence electrons. The summed E-state index contributed by atoms with van der Waals surface area (Å²) < 4.78 is 65.1. The van der Waals surface area contributed by atoms with E-state index < -0.39 is 45.4 Å². The zero-order valence-corrected chi connectivity index (χ0v) is 25.1. The van der Waals surface area contributed by atoms with Gasteiger partial charge in [-0.1, -0.05) is 48.5 Å². The molecule has 0 radical (unpaired) electrons. The molecular weight excluding hydrogens is 572 g/mol. The van der Waals surface area contributed by atoms with Crippen LogP contribution in [-0.4, -0.2) is 66.4 Å². The van der Waals surface area contributed by atoms with Crippen LogP contribution in [0.5, 0.6) is 0 Å². The minimum Gasteiger partial charge on any atom is -0.441 e. The summed E-state index contributed by atoms with van der Waals surface area (Å²) in [6, 6.07) is 18.7. The van der Waals surface area contributed by atoms with Crippen LogP contribution in [0.1, 0.15) is 54.8 Å². The van der Waals surface area contributed by atoms with Crippen LogP contribution >= 0.6 is 0 Å². The molecule has 3 aromatic carbocycles. The van der Waals surface area contributed by atoms with E-state index >= 15 is 0 Å². The molecule has 43 heavy (non-hydrogen) atoms. The van der Waals surface area contributed by atoms with Crippen LogP contribution in [0.15, 0.2) is 77.7 Å². The van der Waals surface area contributed by atoms with Gasteiger partial charge in [0.05, 0.1) is 17.0 Å². The van der Waals surface area contributed by atoms with Gasteiger partial charge in [-0.15, -0.1) is 0 Å². The maximum atomic E-state index is 14.6. The lowest BCUT2D eigenvalue weighted by Gasteiger charge is -2.45. The van der Waals surface area contributed by atoms with Gasteiger partial charge in [-0.2, -0.15) is 4.31 Å². The zero-order valence-electron chi connectivity index (χ0n) is 24.3. The standard InChI is InChI=1S/C33H37F2N3O4S/c1-24-13-14-28(22-29(24)35)43(40,41)38-30(26-9-5-10-27(34)21-26)11-6-12-31(38)33(15-16-33)42-32(39)37-19-17-36(18-20-37)23-25-7-3-2-4-8-25/h2-5,7-10,13-14,21-22,30-31H,6,11-12,15-20,23H2,1H3/t30-,31+/m0/s1. The molecule has 3 aromatic rings. The van der Waals surface area contributed by atoms with Crippen molar-refractivity contribution in [3.05, 3.63) is 101 Å². The SMILES string of the molecule is Cc1ccc(S(=O)(=O)N2[C@H](c3cccc(F)c3)CCC[C@@H]2C2(OC(=O)N3CCN(Cc4ccccc4)CC3)CC2)cc1F. The molecule has 0 bridgehead atoms. The fraction of sp³-hybridized carbons (Fsp3) is 0.424. The number of ether oxygens (including phenoxy) is 1. The highest BCUT2D eigenvalue weighted by Gasteiger charge is 2.60. The number of aryl methyl sites for hydroxylation is 1. The summed E-state index contributed by atoms with van der Waals surface area (Å²) in [6.07, 6.45) is 2.25. The minimum absolute atomic E-state index is 0.166. The number of amides is 1. The van der Waals surface area contributed by atoms with E-state index in [1.54, 1.807) is 24.0 Å². The van der Waals surface area contributed by atoms with Gasteiger partial charge >= 0.3 is 6.09 Å². The first-order valence-electron chi connectivity index (χ1n) is 15.0. The lowest BCUT2D eigenvalue weighted by molar-refractivity contribution is -0.0143. The number of hydrogen-bond acceptors (Lipinski definition) is 5. The van der Waals surface area contributed by atoms with Gasteiger partial charge in [0, 0.05) is 32.7 Å². The number of halogens is 2. The molecule has 0 spiro atoms. The summed E-state index contributed by atoms with van der Waals surface area (Å²) in [5.74, 6) is -1.08. The summed E-state index contributed by atoms with van der Waals surface area (Å²) in [7, 11) is -4.24. The molecule has 0 N–H and O–H groups in total. The smallest absolute Gasteiger partial charge is 0.410 e. The molecule has 1 aliphatic carbocycles. The molecule has 0 aromatic heterocycles. The lowest BCUT2D eigenvalue weighted by atomic mass is 9.90. The molecule has 10 heteroatoms. The molecular formula is C33H37F2N3O4S. The maximum Gasteiger partial charge on any atom is 0.410 e. The van der Waals surface area contributed by atoms with Crippen molar-refractivity contribution in [3.63, 3.8) is 0 Å². The van der Waals surface area contributed by atoms with Crippen molar-refractivity contribution in [1.29, 1.82) is 0 Å². The van der Waals surface area contributed by atoms with Crippen LogP contribution in [0.4, 0.5) is 13.6 Å². The lowest BCUT2D eigenvalue weighted by Crippen LogP contribution is -2.55. The van der Waals surface area contributed by atoms with Gasteiger partial charge in [-0.25, -0.2) is 22.0 Å². The van der Waals surface area contributed by atoms with Crippen molar-refractivity contribution in [2.45, 2.75) is 68.2 Å². The third-order valence-electron chi connectivity index (χ3n) is 9.04. The van der Waals surface area contributed by atoms with Crippen molar-refractivity contribution in [2.75, 3.05) is 26.2 Å². The van der Waals surface area contributed by atoms with Crippen LogP contribution in [-0.2, 0) is 21.3 Å². The predicted octanol–water partition coefficient (Wildman–Crippen LogP) is 6.04. The average molecular weight is 610 g/mol. The van der Waals surface area contributed by atoms with Crippen molar-refractivity contribution < 1.29 is 26.7 Å². The second-order valence-corrected chi connectivity index (χ2v) is 13.8. The second-order valence-electron chi connectivity index (χ2n) is 11.9. The molecule has 3 fully saturated rings. The first kappa shape index (κ1) is 29.7. The fourth-order valence-electron chi connectivity index (χ4n) is 6.48. The highest BCUT2D eigenvalue weighted by molar-refractivity contribution is 7.89. The molecule has 6 rings (SSSR count). The van der Waals surface area contributed by atoms with Crippen LogP contribution in [0, 0.1) is 18.6 Å². The Balaban J connectivity index is 1.24. The summed E-state index contributed by atoms with van der Waals surface area (Å²) in [5, 5.41) is 0. The molecule has 0 unspecified atom stereocenters. The van der Waals surface area contributed by atoms with E-state index in [2.05, 4.69) is 17.0 Å². The summed E-state index contributed by atoms with van der Waals surface area (Å²) in [5.41, 5.74) is 1.10. The van der Waals surface area contributed by atoms with Crippen molar-refractivity contribution in [3.8, 4) is 0 Å². The van der Waals surface area contributed by atoms with E-state index in [1.165, 1.54) is 34.1 Å². The third kappa shape index (κ3) is 6.18. The van der Waals surface area contributed by atoms with Crippen LogP contribution in [0.3, 0.4) is 0 Å². The minimum atomic E-state index is -4.24. The monoisotopic (exact) mass is 609 g/mol. The fourth-order valence-corrected chi connectivity index (χ4v) is 8.42. The molecule has 7 nitrogen and oxygen atoms in total. The van der Waals surface area contributed by atoms with Gasteiger partial charge in [-0.05, 0) is 80.0 Å². The molecule has 1 amide bonds. The van der Waals surface area contributed by atoms with E-state index in [1.807, 2.05) is 18.2 Å². The maximum absolute atomic E-state index is 14.6. The number of rotatable bonds is 7. The predicted molar refractivity (Wildman–Crippen MR) is 159 cm³/mol. The number of nitrogens with zero attached hydrogens (tertiary/aromatic N) is 3. The summed E-state index contributed by atoms with van der Waals surface area (Å²) in [4.78, 5) is 17.3. The molecule has 2 atom stereocenters. The van der Waals surface area contributed by atoms with Crippen molar-refractivity contribution >= 4 is 16.1 Å². The first-order valence-corrected chi connectivity index (χ1v) is 16.4. The van der Waals surface area contributed by atoms with Gasteiger partial charge in [0.25, 0.3) is 0 Å². The Kier molecular flexibility index (Phi) is 8.28. The Morgan fingerprint density at radius 1 is 0.930 bits per heavy atom. The van der Waals surface area contributed by atoms with Gasteiger partial charge in [0.1, 0.15) is 17.2 Å². The summed E-state index contributed by atoms with van der Waals surface area (Å²) in [6.45, 7) is 4.84. The van der Waals surface area contributed by atoms with E-state index in [4.69, 9.17) is 4.74 Å². The number of hydrogen-bond donors (Lipinski definition) is 0. The van der Waals surface area contributed by atoms with E-state index in [0.717, 1.165) is 12.6 Å². The van der Waals surface area contributed by atoms with Crippen molar-refractivity contribution in [1.82, 2.24) is 14.1 Å². The topological polar surface area (TPSA) is 70.2 Å². The van der Waals surface area contributed by atoms with Crippen LogP contribution < -0.4 is 0 Å². The highest BCUT2D eigenvalue weighted by Crippen LogP contribution is 2.52. The molecule has 2 aliphatic heterocycles. The van der Waals surface area contributed by atoms with Crippen molar-refractivity contribution in [2.24, 2.45) is 0 Å². The number of sulfonamides is 1. The number of carbonyl (C=O) groups excluding carboxylic acids is 1. The normalized spacial score (nSPS) is 22.7. The number of piperazine rings is 1. The number of carbonyl (C=O) groups is 1. The highest BCUT2D eigenvalue weighted by atomic mass is 32.2. The Morgan fingerprint density at radius 3 is 2.35 bits per heavy atom. The average Bonchev–Trinajstić information content (AvgIpc) is 3.79. The molecule has 2 saturated heterocycles. The van der Waals surface area contributed by atoms with E-state index in [0.29, 0.717) is 69.4 Å². The zero-order chi connectivity index (χ0) is 30.2. The number of piperidine rings is 1. The van der Waals surface area contributed by atoms with E-state index in [-0.39, 0.29) is 4.90 Å². The Morgan fingerprint density at radius 2 is 1.67 bits per heavy atom. The quantitative estimate of drug-likeness (QED) is 0.327. The Hall–Kier alpha value is -3.34. The molecule has 1 saturated carbocycles. The van der Waals surface area contributed by atoms with Crippen LogP contribution in [0.2, 0.25) is 0 Å². The molecule has 3 aliphatic rings. The Bertz CT molecular complexity index is 1570. The molecule has 2 heterocycles. The summed E-state index contributed by atoms with van der Waals surface area (Å²) >= 11 is 0. The van der Waals surface area contributed by atoms with Gasteiger partial charge < -0.3 is 9.64 Å². The van der Waals surface area contributed by atoms with Gasteiger partial charge in [0.15, 0.2) is 0 Å². The van der Waals surface area contributed by atoms with Gasteiger partial charge in [0.2, 0.25) is 10.0 Å². The first-order chi connectivity index (χ1) is 20.7. The largest absolute Gasteiger partial charge is 0.441 e. The van der Waals surface area contributed by atoms with Crippen LogP contribution in [0.25, 0.3) is 0 Å². The second kappa shape index (κ2) is 12.0. The Labute approximate surface area is 252 Å². The van der Waals surface area contributed by atoms with E-state index in [9.17, 15) is 22.0 Å².